The molecule has 0 bridgehead atoms. The van der Waals surface area contributed by atoms with Gasteiger partial charge in [0.05, 0.1) is 0 Å². The maximum Gasteiger partial charge on any atom is 0.251 e. The van der Waals surface area contributed by atoms with E-state index in [1.807, 2.05) is 30.3 Å². The normalized spacial score (nSPS) is 21.1. The van der Waals surface area contributed by atoms with Crippen LogP contribution in [-0.2, 0) is 0 Å². The highest BCUT2D eigenvalue weighted by Crippen LogP contribution is 2.20. The van der Waals surface area contributed by atoms with Gasteiger partial charge in [0.15, 0.2) is 5.96 Å². The Morgan fingerprint density at radius 1 is 1.16 bits per heavy atom. The van der Waals surface area contributed by atoms with Gasteiger partial charge in [0.1, 0.15) is 0 Å². The summed E-state index contributed by atoms with van der Waals surface area (Å²) in [6.45, 7) is 11.1. The SMILES string of the molecule is CCNC(=NCCCNC(=O)c1ccccc1)N1CC(C)CC(C)C1. The molecule has 0 aliphatic carbocycles. The molecule has 1 amide bonds. The maximum atomic E-state index is 12.0. The monoisotopic (exact) mass is 344 g/mol. The maximum absolute atomic E-state index is 12.0. The van der Waals surface area contributed by atoms with Crippen molar-refractivity contribution in [3.05, 3.63) is 35.9 Å². The van der Waals surface area contributed by atoms with Crippen LogP contribution in [0, 0.1) is 11.8 Å². The zero-order chi connectivity index (χ0) is 18.1. The van der Waals surface area contributed by atoms with Gasteiger partial charge in [0, 0.05) is 38.3 Å². The molecule has 5 heteroatoms. The molecule has 1 heterocycles. The summed E-state index contributed by atoms with van der Waals surface area (Å²) in [7, 11) is 0. The number of carbonyl (C=O) groups is 1. The fourth-order valence-corrected chi connectivity index (χ4v) is 3.42. The van der Waals surface area contributed by atoms with Gasteiger partial charge in [0.2, 0.25) is 0 Å². The number of carbonyl (C=O) groups excluding carboxylic acids is 1. The van der Waals surface area contributed by atoms with Crippen molar-refractivity contribution in [1.29, 1.82) is 0 Å². The van der Waals surface area contributed by atoms with Crippen molar-refractivity contribution in [2.24, 2.45) is 16.8 Å². The van der Waals surface area contributed by atoms with Crippen molar-refractivity contribution < 1.29 is 4.79 Å². The molecule has 2 N–H and O–H groups in total. The molecule has 2 rings (SSSR count). The number of guanidine groups is 1. The number of rotatable bonds is 6. The highest BCUT2D eigenvalue weighted by molar-refractivity contribution is 5.94. The summed E-state index contributed by atoms with van der Waals surface area (Å²) in [4.78, 5) is 19.1. The molecule has 138 valence electrons. The van der Waals surface area contributed by atoms with E-state index in [1.54, 1.807) is 0 Å². The van der Waals surface area contributed by atoms with Gasteiger partial charge in [-0.3, -0.25) is 9.79 Å². The second kappa shape index (κ2) is 10.1. The van der Waals surface area contributed by atoms with Crippen LogP contribution in [0.15, 0.2) is 35.3 Å². The largest absolute Gasteiger partial charge is 0.357 e. The Morgan fingerprint density at radius 2 is 1.84 bits per heavy atom. The quantitative estimate of drug-likeness (QED) is 0.474. The lowest BCUT2D eigenvalue weighted by molar-refractivity contribution is 0.0953. The first kappa shape index (κ1) is 19.3. The number of aliphatic imine (C=N–C) groups is 1. The first-order chi connectivity index (χ1) is 12.1. The smallest absolute Gasteiger partial charge is 0.251 e. The van der Waals surface area contributed by atoms with Crippen LogP contribution < -0.4 is 10.6 Å². The number of piperidine rings is 1. The number of hydrogen-bond acceptors (Lipinski definition) is 2. The Balaban J connectivity index is 1.78. The third-order valence-electron chi connectivity index (χ3n) is 4.42. The molecular formula is C20H32N4O. The Hall–Kier alpha value is -2.04. The minimum atomic E-state index is -0.0184. The molecule has 0 radical (unpaired) electrons. The van der Waals surface area contributed by atoms with E-state index in [4.69, 9.17) is 4.99 Å². The first-order valence-corrected chi connectivity index (χ1v) is 9.46. The van der Waals surface area contributed by atoms with Crippen molar-refractivity contribution in [3.63, 3.8) is 0 Å². The second-order valence-corrected chi connectivity index (χ2v) is 7.06. The second-order valence-electron chi connectivity index (χ2n) is 7.06. The number of hydrogen-bond donors (Lipinski definition) is 2. The van der Waals surface area contributed by atoms with Gasteiger partial charge >= 0.3 is 0 Å². The molecule has 1 aliphatic heterocycles. The number of likely N-dealkylation sites (tertiary alicyclic amines) is 1. The van der Waals surface area contributed by atoms with Crippen LogP contribution in [0.3, 0.4) is 0 Å². The average Bonchev–Trinajstić information content (AvgIpc) is 2.60. The lowest BCUT2D eigenvalue weighted by atomic mass is 9.92. The fraction of sp³-hybridized carbons (Fsp3) is 0.600. The molecule has 2 atom stereocenters. The summed E-state index contributed by atoms with van der Waals surface area (Å²) in [5.74, 6) is 2.40. The number of benzene rings is 1. The number of amides is 1. The van der Waals surface area contributed by atoms with E-state index in [-0.39, 0.29) is 5.91 Å². The van der Waals surface area contributed by atoms with E-state index in [0.29, 0.717) is 23.9 Å². The average molecular weight is 345 g/mol. The topological polar surface area (TPSA) is 56.7 Å². The summed E-state index contributed by atoms with van der Waals surface area (Å²) < 4.78 is 0. The minimum absolute atomic E-state index is 0.0184. The predicted octanol–water partition coefficient (Wildman–Crippen LogP) is 2.75. The summed E-state index contributed by atoms with van der Waals surface area (Å²) in [5.41, 5.74) is 0.704. The highest BCUT2D eigenvalue weighted by Gasteiger charge is 2.23. The van der Waals surface area contributed by atoms with Crippen molar-refractivity contribution in [2.45, 2.75) is 33.6 Å². The summed E-state index contributed by atoms with van der Waals surface area (Å²) in [6.07, 6.45) is 2.13. The molecule has 1 aromatic carbocycles. The van der Waals surface area contributed by atoms with Crippen molar-refractivity contribution in [1.82, 2.24) is 15.5 Å². The zero-order valence-corrected chi connectivity index (χ0v) is 15.8. The van der Waals surface area contributed by atoms with Crippen LogP contribution in [0.4, 0.5) is 0 Å². The van der Waals surface area contributed by atoms with Gasteiger partial charge in [-0.1, -0.05) is 32.0 Å². The zero-order valence-electron chi connectivity index (χ0n) is 15.8. The van der Waals surface area contributed by atoms with Gasteiger partial charge in [-0.25, -0.2) is 0 Å². The van der Waals surface area contributed by atoms with Gasteiger partial charge in [0.25, 0.3) is 5.91 Å². The third kappa shape index (κ3) is 6.40. The Kier molecular flexibility index (Phi) is 7.76. The molecule has 25 heavy (non-hydrogen) atoms. The molecule has 5 nitrogen and oxygen atoms in total. The van der Waals surface area contributed by atoms with Gasteiger partial charge in [-0.05, 0) is 43.7 Å². The van der Waals surface area contributed by atoms with E-state index in [2.05, 4.69) is 36.3 Å². The van der Waals surface area contributed by atoms with Crippen molar-refractivity contribution >= 4 is 11.9 Å². The van der Waals surface area contributed by atoms with Gasteiger partial charge < -0.3 is 15.5 Å². The molecule has 0 spiro atoms. The molecule has 1 aliphatic rings. The van der Waals surface area contributed by atoms with Crippen LogP contribution in [0.5, 0.6) is 0 Å². The van der Waals surface area contributed by atoms with E-state index in [0.717, 1.165) is 38.6 Å². The van der Waals surface area contributed by atoms with E-state index >= 15 is 0 Å². The summed E-state index contributed by atoms with van der Waals surface area (Å²) in [6, 6.07) is 9.33. The Morgan fingerprint density at radius 3 is 2.48 bits per heavy atom. The molecule has 2 unspecified atom stereocenters. The Labute approximate surface area is 151 Å². The predicted molar refractivity (Wildman–Crippen MR) is 104 cm³/mol. The summed E-state index contributed by atoms with van der Waals surface area (Å²) >= 11 is 0. The van der Waals surface area contributed by atoms with E-state index in [1.165, 1.54) is 6.42 Å². The lowest BCUT2D eigenvalue weighted by Crippen LogP contribution is -2.48. The number of nitrogens with zero attached hydrogens (tertiary/aromatic N) is 2. The third-order valence-corrected chi connectivity index (χ3v) is 4.42. The highest BCUT2D eigenvalue weighted by atomic mass is 16.1. The van der Waals surface area contributed by atoms with E-state index < -0.39 is 0 Å². The fourth-order valence-electron chi connectivity index (χ4n) is 3.42. The lowest BCUT2D eigenvalue weighted by Gasteiger charge is -2.37. The van der Waals surface area contributed by atoms with E-state index in [9.17, 15) is 4.79 Å². The Bertz CT molecular complexity index is 548. The van der Waals surface area contributed by atoms with Crippen LogP contribution >= 0.6 is 0 Å². The van der Waals surface area contributed by atoms with Crippen molar-refractivity contribution in [3.8, 4) is 0 Å². The molecular weight excluding hydrogens is 312 g/mol. The molecule has 0 aromatic heterocycles. The standard InChI is InChI=1S/C20H32N4O/c1-4-21-20(24-14-16(2)13-17(3)15-24)23-12-8-11-22-19(25)18-9-6-5-7-10-18/h5-7,9-10,16-17H,4,8,11-15H2,1-3H3,(H,21,23)(H,22,25). The molecule has 0 saturated carbocycles. The molecule has 1 saturated heterocycles. The van der Waals surface area contributed by atoms with Crippen LogP contribution in [0.1, 0.15) is 44.0 Å². The molecule has 1 fully saturated rings. The van der Waals surface area contributed by atoms with Crippen LogP contribution in [-0.4, -0.2) is 49.5 Å². The van der Waals surface area contributed by atoms with Gasteiger partial charge in [-0.2, -0.15) is 0 Å². The minimum Gasteiger partial charge on any atom is -0.357 e. The van der Waals surface area contributed by atoms with Crippen molar-refractivity contribution in [2.75, 3.05) is 32.7 Å². The first-order valence-electron chi connectivity index (χ1n) is 9.46. The molecule has 1 aromatic rings. The van der Waals surface area contributed by atoms with Gasteiger partial charge in [-0.15, -0.1) is 0 Å². The van der Waals surface area contributed by atoms with Crippen LogP contribution in [0.2, 0.25) is 0 Å². The van der Waals surface area contributed by atoms with Crippen LogP contribution in [0.25, 0.3) is 0 Å². The summed E-state index contributed by atoms with van der Waals surface area (Å²) in [5, 5.41) is 6.36. The number of nitrogens with one attached hydrogen (secondary N) is 2.